The van der Waals surface area contributed by atoms with Crippen LogP contribution in [0.15, 0.2) is 34.1 Å². The van der Waals surface area contributed by atoms with E-state index in [1.807, 2.05) is 25.1 Å². The lowest BCUT2D eigenvalue weighted by Crippen LogP contribution is -2.21. The Hall–Kier alpha value is -2.46. The minimum absolute atomic E-state index is 0.0706. The van der Waals surface area contributed by atoms with E-state index in [1.54, 1.807) is 7.11 Å². The van der Waals surface area contributed by atoms with Crippen LogP contribution in [0.25, 0.3) is 0 Å². The van der Waals surface area contributed by atoms with Crippen LogP contribution in [0.4, 0.5) is 0 Å². The van der Waals surface area contributed by atoms with Crippen molar-refractivity contribution < 1.29 is 9.47 Å². The normalized spacial score (nSPS) is 16.7. The fourth-order valence-electron chi connectivity index (χ4n) is 2.51. The van der Waals surface area contributed by atoms with Crippen LogP contribution in [-0.4, -0.2) is 17.1 Å². The lowest BCUT2D eigenvalue weighted by atomic mass is 9.87. The van der Waals surface area contributed by atoms with Gasteiger partial charge in [0, 0.05) is 4.47 Å². The predicted molar refractivity (Wildman–Crippen MR) is 83.3 cm³/mol. The second-order valence-electron chi connectivity index (χ2n) is 4.85. The third-order valence-electron chi connectivity index (χ3n) is 3.50. The van der Waals surface area contributed by atoms with Crippen LogP contribution in [0, 0.1) is 18.3 Å². The summed E-state index contributed by atoms with van der Waals surface area (Å²) in [6.07, 6.45) is 0. The van der Waals surface area contributed by atoms with Crippen LogP contribution >= 0.6 is 15.9 Å². The minimum Gasteiger partial charge on any atom is -0.497 e. The number of halogens is 1. The summed E-state index contributed by atoms with van der Waals surface area (Å²) in [7, 11) is 1.60. The molecule has 1 aliphatic rings. The third-order valence-corrected chi connectivity index (χ3v) is 4.22. The maximum Gasteiger partial charge on any atom is 0.243 e. The van der Waals surface area contributed by atoms with E-state index in [0.717, 1.165) is 10.0 Å². The van der Waals surface area contributed by atoms with Crippen LogP contribution in [0.3, 0.4) is 0 Å². The molecule has 22 heavy (non-hydrogen) atoms. The lowest BCUT2D eigenvalue weighted by Gasteiger charge is -2.23. The van der Waals surface area contributed by atoms with Gasteiger partial charge in [-0.25, -0.2) is 0 Å². The minimum atomic E-state index is -0.389. The van der Waals surface area contributed by atoms with E-state index in [1.165, 1.54) is 0 Å². The number of rotatable bonds is 2. The average molecular weight is 361 g/mol. The topological polar surface area (TPSA) is 96.9 Å². The summed E-state index contributed by atoms with van der Waals surface area (Å²) in [5, 5.41) is 9.49. The van der Waals surface area contributed by atoms with Crippen LogP contribution in [-0.2, 0) is 0 Å². The molecule has 0 unspecified atom stereocenters. The third kappa shape index (κ3) is 2.22. The summed E-state index contributed by atoms with van der Waals surface area (Å²) in [5.74, 6) is 1.47. The number of aromatic nitrogens is 2. The van der Waals surface area contributed by atoms with Crippen molar-refractivity contribution in [2.24, 2.45) is 5.73 Å². The molecular formula is C15H13BrN4O2. The fourth-order valence-corrected chi connectivity index (χ4v) is 2.98. The first-order valence-electron chi connectivity index (χ1n) is 6.52. The van der Waals surface area contributed by atoms with Gasteiger partial charge in [0.2, 0.25) is 11.8 Å². The Balaban J connectivity index is 2.25. The number of nitrogens with two attached hydrogens (primary N) is 1. The van der Waals surface area contributed by atoms with Gasteiger partial charge in [0.05, 0.1) is 18.7 Å². The molecule has 7 heteroatoms. The standard InChI is InChI=1S/C15H13BrN4O2/c1-7-19-13-12(9-5-8(21-2)3-4-11(9)16)10(6-17)14(18)22-15(13)20-7/h3-5,12H,18H2,1-2H3,(H,19,20)/t12-/m1/s1. The van der Waals surface area contributed by atoms with Gasteiger partial charge in [0.25, 0.3) is 0 Å². The Labute approximate surface area is 135 Å². The van der Waals surface area contributed by atoms with E-state index in [2.05, 4.69) is 32.0 Å². The predicted octanol–water partition coefficient (Wildman–Crippen LogP) is 2.71. The summed E-state index contributed by atoms with van der Waals surface area (Å²) in [4.78, 5) is 7.43. The second kappa shape index (κ2) is 5.39. The molecule has 3 rings (SSSR count). The summed E-state index contributed by atoms with van der Waals surface area (Å²) in [6, 6.07) is 7.71. The van der Waals surface area contributed by atoms with Gasteiger partial charge in [-0.15, -0.1) is 0 Å². The number of nitriles is 1. The number of nitrogens with zero attached hydrogens (tertiary/aromatic N) is 2. The van der Waals surface area contributed by atoms with Gasteiger partial charge in [0.1, 0.15) is 23.2 Å². The molecule has 0 saturated heterocycles. The fraction of sp³-hybridized carbons (Fsp3) is 0.200. The molecule has 1 aromatic carbocycles. The smallest absolute Gasteiger partial charge is 0.243 e. The summed E-state index contributed by atoms with van der Waals surface area (Å²) < 4.78 is 11.6. The Morgan fingerprint density at radius 2 is 2.27 bits per heavy atom. The van der Waals surface area contributed by atoms with E-state index < -0.39 is 0 Å². The summed E-state index contributed by atoms with van der Waals surface area (Å²) in [5.41, 5.74) is 7.79. The van der Waals surface area contributed by atoms with Gasteiger partial charge < -0.3 is 20.2 Å². The molecule has 0 amide bonds. The van der Waals surface area contributed by atoms with Crippen molar-refractivity contribution >= 4 is 15.9 Å². The first-order valence-corrected chi connectivity index (χ1v) is 7.32. The molecule has 1 aliphatic heterocycles. The summed E-state index contributed by atoms with van der Waals surface area (Å²) in [6.45, 7) is 1.82. The molecule has 0 saturated carbocycles. The number of hydrogen-bond acceptors (Lipinski definition) is 5. The van der Waals surface area contributed by atoms with Crippen LogP contribution in [0.2, 0.25) is 0 Å². The molecule has 112 valence electrons. The highest BCUT2D eigenvalue weighted by Gasteiger charge is 2.34. The van der Waals surface area contributed by atoms with Crippen molar-refractivity contribution in [2.75, 3.05) is 7.11 Å². The number of ether oxygens (including phenoxy) is 2. The summed E-state index contributed by atoms with van der Waals surface area (Å²) >= 11 is 3.53. The highest BCUT2D eigenvalue weighted by Crippen LogP contribution is 2.43. The Morgan fingerprint density at radius 3 is 2.95 bits per heavy atom. The maximum absolute atomic E-state index is 9.49. The number of imidazole rings is 1. The number of hydrogen-bond donors (Lipinski definition) is 2. The van der Waals surface area contributed by atoms with Gasteiger partial charge in [-0.1, -0.05) is 15.9 Å². The monoisotopic (exact) mass is 360 g/mol. The van der Waals surface area contributed by atoms with Crippen LogP contribution in [0.1, 0.15) is 23.0 Å². The first kappa shape index (κ1) is 14.5. The molecule has 0 aliphatic carbocycles. The number of H-pyrrole nitrogens is 1. The molecule has 2 aromatic rings. The van der Waals surface area contributed by atoms with Gasteiger partial charge in [-0.2, -0.15) is 10.2 Å². The number of aryl methyl sites for hydroxylation is 1. The van der Waals surface area contributed by atoms with Gasteiger partial charge >= 0.3 is 0 Å². The zero-order valence-corrected chi connectivity index (χ0v) is 13.6. The van der Waals surface area contributed by atoms with Gasteiger partial charge in [-0.05, 0) is 30.7 Å². The van der Waals surface area contributed by atoms with E-state index >= 15 is 0 Å². The van der Waals surface area contributed by atoms with Gasteiger partial charge in [-0.3, -0.25) is 0 Å². The number of allylic oxidation sites excluding steroid dienone is 1. The maximum atomic E-state index is 9.49. The number of aromatic amines is 1. The van der Waals surface area contributed by atoms with Crippen molar-refractivity contribution in [1.29, 1.82) is 5.26 Å². The van der Waals surface area contributed by atoms with Crippen molar-refractivity contribution in [2.45, 2.75) is 12.8 Å². The largest absolute Gasteiger partial charge is 0.497 e. The van der Waals surface area contributed by atoms with Crippen molar-refractivity contribution in [1.82, 2.24) is 9.97 Å². The van der Waals surface area contributed by atoms with Crippen molar-refractivity contribution in [3.63, 3.8) is 0 Å². The molecule has 0 bridgehead atoms. The molecule has 3 N–H and O–H groups in total. The zero-order valence-electron chi connectivity index (χ0n) is 12.0. The second-order valence-corrected chi connectivity index (χ2v) is 5.71. The van der Waals surface area contributed by atoms with Crippen molar-refractivity contribution in [3.05, 3.63) is 51.2 Å². The highest BCUT2D eigenvalue weighted by atomic mass is 79.9. The van der Waals surface area contributed by atoms with Crippen LogP contribution in [0.5, 0.6) is 11.6 Å². The Bertz CT molecular complexity index is 819. The Kier molecular flexibility index (Phi) is 3.54. The molecule has 0 spiro atoms. The molecule has 0 radical (unpaired) electrons. The van der Waals surface area contributed by atoms with E-state index in [-0.39, 0.29) is 11.8 Å². The molecular weight excluding hydrogens is 348 g/mol. The Morgan fingerprint density at radius 1 is 1.50 bits per heavy atom. The number of benzene rings is 1. The molecule has 0 fully saturated rings. The van der Waals surface area contributed by atoms with E-state index in [4.69, 9.17) is 15.2 Å². The highest BCUT2D eigenvalue weighted by molar-refractivity contribution is 9.10. The van der Waals surface area contributed by atoms with E-state index in [0.29, 0.717) is 28.7 Å². The molecule has 1 aromatic heterocycles. The first-order chi connectivity index (χ1) is 10.5. The zero-order chi connectivity index (χ0) is 15.9. The average Bonchev–Trinajstić information content (AvgIpc) is 2.86. The van der Waals surface area contributed by atoms with Gasteiger partial charge in [0.15, 0.2) is 0 Å². The number of methoxy groups -OCH3 is 1. The quantitative estimate of drug-likeness (QED) is 0.857. The number of fused-ring (bicyclic) bond motifs is 1. The molecule has 2 heterocycles. The lowest BCUT2D eigenvalue weighted by molar-refractivity contribution is 0.379. The molecule has 1 atom stereocenters. The SMILES string of the molecule is COc1ccc(Br)c([C@@H]2C(C#N)=C(N)Oc3nc(C)[nH]c32)c1. The van der Waals surface area contributed by atoms with Crippen molar-refractivity contribution in [3.8, 4) is 17.7 Å². The number of nitrogens with one attached hydrogen (secondary N) is 1. The van der Waals surface area contributed by atoms with E-state index in [9.17, 15) is 5.26 Å². The molecule has 6 nitrogen and oxygen atoms in total. The van der Waals surface area contributed by atoms with Crippen LogP contribution < -0.4 is 15.2 Å².